The van der Waals surface area contributed by atoms with Crippen LogP contribution in [0.4, 0.5) is 0 Å². The van der Waals surface area contributed by atoms with E-state index in [9.17, 15) is 0 Å². The van der Waals surface area contributed by atoms with Gasteiger partial charge in [0.05, 0.1) is 0 Å². The Labute approximate surface area is 88.0 Å². The predicted molar refractivity (Wildman–Crippen MR) is 61.2 cm³/mol. The van der Waals surface area contributed by atoms with Crippen molar-refractivity contribution in [2.45, 2.75) is 45.6 Å². The van der Waals surface area contributed by atoms with Gasteiger partial charge in [-0.15, -0.1) is 0 Å². The molecule has 2 rings (SSSR count). The standard InChI is InChI=1S/C13H23N/c1-4-13(2,3)14-9-12-8-10-5-6-11(12)7-10/h5-6,10-12,14H,4,7-9H2,1-3H3/t10-,11+,12-/m1/s1. The maximum absolute atomic E-state index is 3.70. The van der Waals surface area contributed by atoms with Gasteiger partial charge in [-0.3, -0.25) is 0 Å². The molecular weight excluding hydrogens is 170 g/mol. The monoisotopic (exact) mass is 193 g/mol. The van der Waals surface area contributed by atoms with Crippen LogP contribution in [-0.2, 0) is 0 Å². The minimum absolute atomic E-state index is 0.325. The van der Waals surface area contributed by atoms with E-state index in [0.717, 1.165) is 17.8 Å². The number of rotatable bonds is 4. The van der Waals surface area contributed by atoms with Gasteiger partial charge in [0.2, 0.25) is 0 Å². The minimum Gasteiger partial charge on any atom is -0.312 e. The van der Waals surface area contributed by atoms with E-state index in [1.165, 1.54) is 25.8 Å². The van der Waals surface area contributed by atoms with Gasteiger partial charge in [-0.2, -0.15) is 0 Å². The Morgan fingerprint density at radius 2 is 2.07 bits per heavy atom. The van der Waals surface area contributed by atoms with Gasteiger partial charge in [-0.1, -0.05) is 19.1 Å². The second-order valence-corrected chi connectivity index (χ2v) is 5.66. The molecule has 1 nitrogen and oxygen atoms in total. The number of fused-ring (bicyclic) bond motifs is 2. The molecule has 0 aliphatic heterocycles. The van der Waals surface area contributed by atoms with Crippen LogP contribution in [0.15, 0.2) is 12.2 Å². The van der Waals surface area contributed by atoms with Crippen LogP contribution < -0.4 is 5.32 Å². The summed E-state index contributed by atoms with van der Waals surface area (Å²) in [4.78, 5) is 0. The van der Waals surface area contributed by atoms with Crippen molar-refractivity contribution in [3.05, 3.63) is 12.2 Å². The molecule has 3 atom stereocenters. The summed E-state index contributed by atoms with van der Waals surface area (Å²) in [6.07, 6.45) is 8.93. The highest BCUT2D eigenvalue weighted by atomic mass is 15.0. The van der Waals surface area contributed by atoms with Crippen LogP contribution in [0, 0.1) is 17.8 Å². The fourth-order valence-electron chi connectivity index (χ4n) is 2.66. The van der Waals surface area contributed by atoms with Crippen LogP contribution in [0.3, 0.4) is 0 Å². The Hall–Kier alpha value is -0.300. The first kappa shape index (κ1) is 10.2. The Bertz CT molecular complexity index is 229. The summed E-state index contributed by atoms with van der Waals surface area (Å²) < 4.78 is 0. The molecule has 0 saturated heterocycles. The van der Waals surface area contributed by atoms with Crippen molar-refractivity contribution < 1.29 is 0 Å². The van der Waals surface area contributed by atoms with E-state index in [-0.39, 0.29) is 0 Å². The molecule has 0 amide bonds. The number of nitrogens with one attached hydrogen (secondary N) is 1. The van der Waals surface area contributed by atoms with Crippen molar-refractivity contribution in [1.29, 1.82) is 0 Å². The first-order chi connectivity index (χ1) is 6.61. The van der Waals surface area contributed by atoms with Crippen LogP contribution in [-0.4, -0.2) is 12.1 Å². The van der Waals surface area contributed by atoms with Crippen LogP contribution in [0.2, 0.25) is 0 Å². The lowest BCUT2D eigenvalue weighted by Crippen LogP contribution is -2.42. The van der Waals surface area contributed by atoms with Gasteiger partial charge in [0.1, 0.15) is 0 Å². The SMILES string of the molecule is CCC(C)(C)NC[C@H]1C[C@@H]2C=C[C@H]1C2. The Morgan fingerprint density at radius 3 is 2.57 bits per heavy atom. The molecular formula is C13H23N. The van der Waals surface area contributed by atoms with Crippen LogP contribution in [0.1, 0.15) is 40.0 Å². The largest absolute Gasteiger partial charge is 0.312 e. The van der Waals surface area contributed by atoms with Crippen molar-refractivity contribution in [3.8, 4) is 0 Å². The van der Waals surface area contributed by atoms with Gasteiger partial charge < -0.3 is 5.32 Å². The van der Waals surface area contributed by atoms with E-state index < -0.39 is 0 Å². The Kier molecular flexibility index (Phi) is 2.70. The molecule has 14 heavy (non-hydrogen) atoms. The smallest absolute Gasteiger partial charge is 0.0122 e. The van der Waals surface area contributed by atoms with Crippen molar-refractivity contribution in [3.63, 3.8) is 0 Å². The molecule has 1 heteroatoms. The summed E-state index contributed by atoms with van der Waals surface area (Å²) in [6, 6.07) is 0. The predicted octanol–water partition coefficient (Wildman–Crippen LogP) is 2.98. The van der Waals surface area contributed by atoms with Crippen molar-refractivity contribution in [2.75, 3.05) is 6.54 Å². The number of allylic oxidation sites excluding steroid dienone is 2. The quantitative estimate of drug-likeness (QED) is 0.677. The van der Waals surface area contributed by atoms with Crippen molar-refractivity contribution >= 4 is 0 Å². The lowest BCUT2D eigenvalue weighted by Gasteiger charge is -2.28. The van der Waals surface area contributed by atoms with Gasteiger partial charge in [0.15, 0.2) is 0 Å². The van der Waals surface area contributed by atoms with Crippen molar-refractivity contribution in [1.82, 2.24) is 5.32 Å². The highest BCUT2D eigenvalue weighted by molar-refractivity contribution is 5.10. The third kappa shape index (κ3) is 2.03. The molecule has 2 aliphatic carbocycles. The highest BCUT2D eigenvalue weighted by Crippen LogP contribution is 2.43. The van der Waals surface area contributed by atoms with E-state index in [1.807, 2.05) is 0 Å². The molecule has 1 N–H and O–H groups in total. The van der Waals surface area contributed by atoms with Crippen LogP contribution in [0.25, 0.3) is 0 Å². The van der Waals surface area contributed by atoms with E-state index in [2.05, 4.69) is 38.2 Å². The van der Waals surface area contributed by atoms with Gasteiger partial charge in [-0.25, -0.2) is 0 Å². The minimum atomic E-state index is 0.325. The molecule has 0 aromatic rings. The van der Waals surface area contributed by atoms with Gasteiger partial charge in [-0.05, 0) is 57.4 Å². The Morgan fingerprint density at radius 1 is 1.29 bits per heavy atom. The fraction of sp³-hybridized carbons (Fsp3) is 0.846. The lowest BCUT2D eigenvalue weighted by molar-refractivity contribution is 0.317. The summed E-state index contributed by atoms with van der Waals surface area (Å²) in [5.74, 6) is 2.72. The normalized spacial score (nSPS) is 35.5. The van der Waals surface area contributed by atoms with Gasteiger partial charge in [0.25, 0.3) is 0 Å². The average molecular weight is 193 g/mol. The first-order valence-electron chi connectivity index (χ1n) is 6.04. The molecule has 2 bridgehead atoms. The topological polar surface area (TPSA) is 12.0 Å². The van der Waals surface area contributed by atoms with Crippen LogP contribution in [0.5, 0.6) is 0 Å². The second-order valence-electron chi connectivity index (χ2n) is 5.66. The number of hydrogen-bond donors (Lipinski definition) is 1. The molecule has 0 aromatic heterocycles. The molecule has 2 aliphatic rings. The van der Waals surface area contributed by atoms with E-state index in [4.69, 9.17) is 0 Å². The fourth-order valence-corrected chi connectivity index (χ4v) is 2.66. The van der Waals surface area contributed by atoms with E-state index >= 15 is 0 Å². The summed E-state index contributed by atoms with van der Waals surface area (Å²) in [6.45, 7) is 8.08. The number of hydrogen-bond acceptors (Lipinski definition) is 1. The average Bonchev–Trinajstić information content (AvgIpc) is 2.76. The maximum atomic E-state index is 3.70. The van der Waals surface area contributed by atoms with Gasteiger partial charge in [0, 0.05) is 5.54 Å². The molecule has 80 valence electrons. The van der Waals surface area contributed by atoms with Crippen molar-refractivity contribution in [2.24, 2.45) is 17.8 Å². The zero-order valence-corrected chi connectivity index (χ0v) is 9.72. The molecule has 0 aromatic carbocycles. The summed E-state index contributed by atoms with van der Waals surface area (Å²) in [5, 5.41) is 3.70. The molecule has 0 unspecified atom stereocenters. The third-order valence-electron chi connectivity index (χ3n) is 4.14. The zero-order valence-electron chi connectivity index (χ0n) is 9.72. The third-order valence-corrected chi connectivity index (χ3v) is 4.14. The maximum Gasteiger partial charge on any atom is 0.0122 e. The molecule has 0 spiro atoms. The zero-order chi connectivity index (χ0) is 10.2. The van der Waals surface area contributed by atoms with E-state index in [0.29, 0.717) is 5.54 Å². The molecule has 1 saturated carbocycles. The highest BCUT2D eigenvalue weighted by Gasteiger charge is 2.35. The van der Waals surface area contributed by atoms with Gasteiger partial charge >= 0.3 is 0 Å². The lowest BCUT2D eigenvalue weighted by atomic mass is 9.92. The summed E-state index contributed by atoms with van der Waals surface area (Å²) in [5.41, 5.74) is 0.325. The van der Waals surface area contributed by atoms with E-state index in [1.54, 1.807) is 0 Å². The molecule has 1 fully saturated rings. The summed E-state index contributed by atoms with van der Waals surface area (Å²) >= 11 is 0. The first-order valence-corrected chi connectivity index (χ1v) is 6.04. The summed E-state index contributed by atoms with van der Waals surface area (Å²) in [7, 11) is 0. The molecule has 0 radical (unpaired) electrons. The Balaban J connectivity index is 1.80. The molecule has 0 heterocycles. The second kappa shape index (κ2) is 3.69. The van der Waals surface area contributed by atoms with Crippen LogP contribution >= 0.6 is 0 Å².